The summed E-state index contributed by atoms with van der Waals surface area (Å²) in [5.74, 6) is 0.124. The van der Waals surface area contributed by atoms with E-state index in [1.807, 2.05) is 30.3 Å². The third kappa shape index (κ3) is 2.71. The van der Waals surface area contributed by atoms with E-state index in [1.165, 1.54) is 0 Å². The van der Waals surface area contributed by atoms with Gasteiger partial charge in [-0.15, -0.1) is 0 Å². The Kier molecular flexibility index (Phi) is 3.41. The van der Waals surface area contributed by atoms with Crippen LogP contribution in [0.2, 0.25) is 0 Å². The van der Waals surface area contributed by atoms with Crippen molar-refractivity contribution in [1.82, 2.24) is 0 Å². The SMILES string of the molecule is Nc1cc(Sc2cccc(Br)c2)ccc1O. The van der Waals surface area contributed by atoms with E-state index >= 15 is 0 Å². The first-order valence-electron chi connectivity index (χ1n) is 4.67. The molecule has 0 saturated heterocycles. The van der Waals surface area contributed by atoms with Gasteiger partial charge in [0.2, 0.25) is 0 Å². The lowest BCUT2D eigenvalue weighted by Gasteiger charge is -2.04. The molecule has 2 aromatic rings. The molecule has 2 aromatic carbocycles. The third-order valence-electron chi connectivity index (χ3n) is 2.03. The van der Waals surface area contributed by atoms with Crippen LogP contribution in [0.3, 0.4) is 0 Å². The molecule has 0 aliphatic heterocycles. The molecule has 0 amide bonds. The molecule has 0 atom stereocenters. The Morgan fingerprint density at radius 2 is 1.81 bits per heavy atom. The van der Waals surface area contributed by atoms with Crippen LogP contribution in [-0.4, -0.2) is 5.11 Å². The van der Waals surface area contributed by atoms with Gasteiger partial charge in [0.25, 0.3) is 0 Å². The molecule has 0 saturated carbocycles. The first kappa shape index (κ1) is 11.4. The number of phenolic OH excluding ortho intramolecular Hbond substituents is 1. The van der Waals surface area contributed by atoms with E-state index in [2.05, 4.69) is 15.9 Å². The zero-order valence-corrected chi connectivity index (χ0v) is 10.8. The zero-order chi connectivity index (χ0) is 11.5. The number of anilines is 1. The second-order valence-corrected chi connectivity index (χ2v) is 5.34. The maximum atomic E-state index is 9.31. The van der Waals surface area contributed by atoms with E-state index in [9.17, 15) is 5.11 Å². The molecular formula is C12H10BrNOS. The van der Waals surface area contributed by atoms with Gasteiger partial charge in [0, 0.05) is 14.3 Å². The van der Waals surface area contributed by atoms with E-state index < -0.39 is 0 Å². The highest BCUT2D eigenvalue weighted by molar-refractivity contribution is 9.10. The van der Waals surface area contributed by atoms with Crippen molar-refractivity contribution in [3.8, 4) is 5.75 Å². The summed E-state index contributed by atoms with van der Waals surface area (Å²) in [5, 5.41) is 9.31. The van der Waals surface area contributed by atoms with Gasteiger partial charge >= 0.3 is 0 Å². The summed E-state index contributed by atoms with van der Waals surface area (Å²) < 4.78 is 1.05. The van der Waals surface area contributed by atoms with Crippen LogP contribution in [0, 0.1) is 0 Å². The fraction of sp³-hybridized carbons (Fsp3) is 0. The largest absolute Gasteiger partial charge is 0.506 e. The number of nitrogen functional groups attached to an aromatic ring is 1. The molecule has 0 spiro atoms. The fourth-order valence-electron chi connectivity index (χ4n) is 1.26. The summed E-state index contributed by atoms with van der Waals surface area (Å²) >= 11 is 5.03. The molecule has 0 bridgehead atoms. The number of aromatic hydroxyl groups is 1. The average Bonchev–Trinajstić information content (AvgIpc) is 2.24. The standard InChI is InChI=1S/C12H10BrNOS/c13-8-2-1-3-9(6-8)16-10-4-5-12(15)11(14)7-10/h1-7,15H,14H2. The van der Waals surface area contributed by atoms with Crippen molar-refractivity contribution in [3.05, 3.63) is 46.9 Å². The lowest BCUT2D eigenvalue weighted by atomic mass is 10.3. The van der Waals surface area contributed by atoms with E-state index in [0.29, 0.717) is 5.69 Å². The van der Waals surface area contributed by atoms with Crippen LogP contribution in [0.5, 0.6) is 5.75 Å². The third-order valence-corrected chi connectivity index (χ3v) is 3.50. The molecule has 2 rings (SSSR count). The summed E-state index contributed by atoms with van der Waals surface area (Å²) in [5.41, 5.74) is 6.03. The van der Waals surface area contributed by atoms with Crippen molar-refractivity contribution in [2.45, 2.75) is 9.79 Å². The molecule has 16 heavy (non-hydrogen) atoms. The van der Waals surface area contributed by atoms with E-state index in [4.69, 9.17) is 5.73 Å². The summed E-state index contributed by atoms with van der Waals surface area (Å²) in [6.45, 7) is 0. The Labute approximate surface area is 107 Å². The Morgan fingerprint density at radius 1 is 1.06 bits per heavy atom. The minimum absolute atomic E-state index is 0.124. The molecule has 2 nitrogen and oxygen atoms in total. The maximum absolute atomic E-state index is 9.31. The summed E-state index contributed by atoms with van der Waals surface area (Å²) in [7, 11) is 0. The number of nitrogens with two attached hydrogens (primary N) is 1. The highest BCUT2D eigenvalue weighted by atomic mass is 79.9. The number of rotatable bonds is 2. The second-order valence-electron chi connectivity index (χ2n) is 3.28. The lowest BCUT2D eigenvalue weighted by molar-refractivity contribution is 0.477. The van der Waals surface area contributed by atoms with E-state index in [1.54, 1.807) is 23.9 Å². The van der Waals surface area contributed by atoms with Crippen LogP contribution >= 0.6 is 27.7 Å². The van der Waals surface area contributed by atoms with Gasteiger partial charge in [0.1, 0.15) is 5.75 Å². The van der Waals surface area contributed by atoms with Gasteiger partial charge in [0.05, 0.1) is 5.69 Å². The van der Waals surface area contributed by atoms with Crippen LogP contribution in [0.4, 0.5) is 5.69 Å². The number of hydrogen-bond donors (Lipinski definition) is 2. The van der Waals surface area contributed by atoms with Crippen LogP contribution in [0.1, 0.15) is 0 Å². The number of hydrogen-bond acceptors (Lipinski definition) is 3. The molecular weight excluding hydrogens is 286 g/mol. The maximum Gasteiger partial charge on any atom is 0.138 e. The molecule has 0 aliphatic carbocycles. The Bertz CT molecular complexity index is 516. The van der Waals surface area contributed by atoms with Crippen molar-refractivity contribution in [3.63, 3.8) is 0 Å². The van der Waals surface area contributed by atoms with Crippen molar-refractivity contribution in [1.29, 1.82) is 0 Å². The molecule has 0 aliphatic rings. The number of halogens is 1. The fourth-order valence-corrected chi connectivity index (χ4v) is 2.74. The van der Waals surface area contributed by atoms with Gasteiger partial charge < -0.3 is 10.8 Å². The molecule has 4 heteroatoms. The van der Waals surface area contributed by atoms with Gasteiger partial charge in [-0.2, -0.15) is 0 Å². The quantitative estimate of drug-likeness (QED) is 0.653. The normalized spacial score (nSPS) is 10.3. The van der Waals surface area contributed by atoms with Gasteiger partial charge in [-0.25, -0.2) is 0 Å². The van der Waals surface area contributed by atoms with Gasteiger partial charge in [-0.05, 0) is 36.4 Å². The predicted octanol–water partition coefficient (Wildman–Crippen LogP) is 3.89. The van der Waals surface area contributed by atoms with E-state index in [0.717, 1.165) is 14.3 Å². The van der Waals surface area contributed by atoms with Gasteiger partial charge in [-0.3, -0.25) is 0 Å². The van der Waals surface area contributed by atoms with Crippen LogP contribution in [0.15, 0.2) is 56.7 Å². The van der Waals surface area contributed by atoms with Gasteiger partial charge in [0.15, 0.2) is 0 Å². The molecule has 3 N–H and O–H groups in total. The molecule has 82 valence electrons. The predicted molar refractivity (Wildman–Crippen MR) is 70.8 cm³/mol. The van der Waals surface area contributed by atoms with Crippen LogP contribution in [0.25, 0.3) is 0 Å². The second kappa shape index (κ2) is 4.80. The van der Waals surface area contributed by atoms with Crippen LogP contribution in [-0.2, 0) is 0 Å². The van der Waals surface area contributed by atoms with Crippen molar-refractivity contribution in [2.24, 2.45) is 0 Å². The molecule has 0 aromatic heterocycles. The van der Waals surface area contributed by atoms with Crippen molar-refractivity contribution >= 4 is 33.4 Å². The minimum atomic E-state index is 0.124. The Hall–Kier alpha value is -1.13. The first-order chi connectivity index (χ1) is 7.65. The topological polar surface area (TPSA) is 46.2 Å². The summed E-state index contributed by atoms with van der Waals surface area (Å²) in [6, 6.07) is 13.2. The molecule has 0 heterocycles. The molecule has 0 unspecified atom stereocenters. The molecule has 0 radical (unpaired) electrons. The van der Waals surface area contributed by atoms with Gasteiger partial charge in [-0.1, -0.05) is 33.8 Å². The number of phenols is 1. The summed E-state index contributed by atoms with van der Waals surface area (Å²) in [4.78, 5) is 2.13. The highest BCUT2D eigenvalue weighted by Gasteiger charge is 2.01. The average molecular weight is 296 g/mol. The van der Waals surface area contributed by atoms with Crippen molar-refractivity contribution in [2.75, 3.05) is 5.73 Å². The Morgan fingerprint density at radius 3 is 2.50 bits per heavy atom. The zero-order valence-electron chi connectivity index (χ0n) is 8.35. The number of benzene rings is 2. The minimum Gasteiger partial charge on any atom is -0.506 e. The smallest absolute Gasteiger partial charge is 0.138 e. The van der Waals surface area contributed by atoms with Crippen molar-refractivity contribution < 1.29 is 5.11 Å². The van der Waals surface area contributed by atoms with E-state index in [-0.39, 0.29) is 5.75 Å². The molecule has 0 fully saturated rings. The highest BCUT2D eigenvalue weighted by Crippen LogP contribution is 2.32. The summed E-state index contributed by atoms with van der Waals surface area (Å²) in [6.07, 6.45) is 0. The first-order valence-corrected chi connectivity index (χ1v) is 6.28. The monoisotopic (exact) mass is 295 g/mol. The lowest BCUT2D eigenvalue weighted by Crippen LogP contribution is -1.85. The Balaban J connectivity index is 2.24. The van der Waals surface area contributed by atoms with Crippen LogP contribution < -0.4 is 5.73 Å².